The Kier molecular flexibility index (Phi) is 10.8. The highest BCUT2D eigenvalue weighted by Gasteiger charge is 2.19. The van der Waals surface area contributed by atoms with E-state index >= 15 is 0 Å². The fraction of sp³-hybridized carbons (Fsp3) is 0.895. The van der Waals surface area contributed by atoms with E-state index in [-0.39, 0.29) is 11.9 Å². The molecule has 4 heteroatoms. The van der Waals surface area contributed by atoms with Gasteiger partial charge >= 0.3 is 5.97 Å². The van der Waals surface area contributed by atoms with E-state index in [1.165, 1.54) is 32.1 Å². The maximum atomic E-state index is 12.5. The maximum Gasteiger partial charge on any atom is 0.307 e. The van der Waals surface area contributed by atoms with Gasteiger partial charge in [-0.25, -0.2) is 0 Å². The molecule has 0 atom stereocenters. The molecule has 0 heterocycles. The Morgan fingerprint density at radius 3 is 2.39 bits per heavy atom. The number of esters is 1. The molecular weight excluding hydrogens is 290 g/mol. The molecule has 0 aliphatic heterocycles. The summed E-state index contributed by atoms with van der Waals surface area (Å²) >= 11 is 0. The van der Waals surface area contributed by atoms with Gasteiger partial charge in [-0.15, -0.1) is 0 Å². The molecule has 0 aromatic heterocycles. The molecule has 0 spiro atoms. The molecule has 0 N–H and O–H groups in total. The zero-order chi connectivity index (χ0) is 16.9. The highest BCUT2D eigenvalue weighted by Crippen LogP contribution is 2.27. The lowest BCUT2D eigenvalue weighted by molar-refractivity contribution is -0.144. The maximum absolute atomic E-state index is 12.5. The minimum atomic E-state index is -0.201. The van der Waals surface area contributed by atoms with Crippen LogP contribution >= 0.6 is 0 Å². The monoisotopic (exact) mass is 325 g/mol. The molecule has 4 nitrogen and oxygen atoms in total. The lowest BCUT2D eigenvalue weighted by Crippen LogP contribution is -2.34. The summed E-state index contributed by atoms with van der Waals surface area (Å²) in [5.41, 5.74) is 0. The van der Waals surface area contributed by atoms with E-state index in [0.29, 0.717) is 26.0 Å². The largest absolute Gasteiger partial charge is 0.466 e. The van der Waals surface area contributed by atoms with Gasteiger partial charge in [-0.3, -0.25) is 9.59 Å². The third-order valence-corrected chi connectivity index (χ3v) is 4.77. The molecule has 23 heavy (non-hydrogen) atoms. The van der Waals surface area contributed by atoms with Crippen LogP contribution in [0.2, 0.25) is 0 Å². The van der Waals surface area contributed by atoms with Crippen LogP contribution in [0.3, 0.4) is 0 Å². The second kappa shape index (κ2) is 12.4. The summed E-state index contributed by atoms with van der Waals surface area (Å²) in [4.78, 5) is 26.0. The van der Waals surface area contributed by atoms with Gasteiger partial charge in [0.05, 0.1) is 13.0 Å². The van der Waals surface area contributed by atoms with E-state index < -0.39 is 0 Å². The summed E-state index contributed by atoms with van der Waals surface area (Å²) in [5.74, 6) is 0.749. The van der Waals surface area contributed by atoms with Crippen LogP contribution in [0.5, 0.6) is 0 Å². The smallest absolute Gasteiger partial charge is 0.307 e. The number of hydrogen-bond acceptors (Lipinski definition) is 3. The molecule has 0 aromatic rings. The van der Waals surface area contributed by atoms with Gasteiger partial charge in [0.1, 0.15) is 0 Å². The summed E-state index contributed by atoms with van der Waals surface area (Å²) in [6.45, 7) is 5.66. The summed E-state index contributed by atoms with van der Waals surface area (Å²) in [5, 5.41) is 0. The highest BCUT2D eigenvalue weighted by atomic mass is 16.5. The lowest BCUT2D eigenvalue weighted by Gasteiger charge is -2.25. The van der Waals surface area contributed by atoms with Crippen LogP contribution in [0.25, 0.3) is 0 Å². The number of unbranched alkanes of at least 4 members (excludes halogenated alkanes) is 2. The van der Waals surface area contributed by atoms with Crippen LogP contribution in [0.4, 0.5) is 0 Å². The Balaban J connectivity index is 2.37. The van der Waals surface area contributed by atoms with Crippen molar-refractivity contribution in [1.82, 2.24) is 4.90 Å². The summed E-state index contributed by atoms with van der Waals surface area (Å²) in [6.07, 6.45) is 11.8. The molecule has 0 radical (unpaired) electrons. The molecule has 1 aliphatic carbocycles. The number of hydrogen-bond donors (Lipinski definition) is 0. The molecule has 0 saturated heterocycles. The second-order valence-corrected chi connectivity index (χ2v) is 6.69. The van der Waals surface area contributed by atoms with Crippen molar-refractivity contribution in [2.45, 2.75) is 84.5 Å². The van der Waals surface area contributed by atoms with Gasteiger partial charge in [0.2, 0.25) is 5.91 Å². The third-order valence-electron chi connectivity index (χ3n) is 4.77. The first kappa shape index (κ1) is 20.0. The average molecular weight is 325 g/mol. The molecular formula is C19H35NO3. The first-order valence-corrected chi connectivity index (χ1v) is 9.60. The Bertz CT molecular complexity index is 338. The van der Waals surface area contributed by atoms with Crippen molar-refractivity contribution in [2.75, 3.05) is 19.7 Å². The lowest BCUT2D eigenvalue weighted by atomic mass is 9.86. The predicted molar refractivity (Wildman–Crippen MR) is 93.2 cm³/mol. The molecule has 1 amide bonds. The standard InChI is InChI=1S/C19H35NO3/c1-3-5-9-15-20(16-14-19(22)23-4-2)18(21)13-12-17-10-7-6-8-11-17/h17H,3-16H2,1-2H3. The minimum Gasteiger partial charge on any atom is -0.466 e. The Hall–Kier alpha value is -1.06. The summed E-state index contributed by atoms with van der Waals surface area (Å²) in [7, 11) is 0. The van der Waals surface area contributed by atoms with E-state index in [4.69, 9.17) is 4.74 Å². The third kappa shape index (κ3) is 8.97. The van der Waals surface area contributed by atoms with Gasteiger partial charge < -0.3 is 9.64 Å². The van der Waals surface area contributed by atoms with Crippen molar-refractivity contribution in [3.63, 3.8) is 0 Å². The molecule has 1 saturated carbocycles. The Labute approximate surface area is 141 Å². The summed E-state index contributed by atoms with van der Waals surface area (Å²) < 4.78 is 4.98. The van der Waals surface area contributed by atoms with E-state index in [1.54, 1.807) is 0 Å². The van der Waals surface area contributed by atoms with Crippen molar-refractivity contribution in [1.29, 1.82) is 0 Å². The van der Waals surface area contributed by atoms with Crippen LogP contribution in [-0.2, 0) is 14.3 Å². The topological polar surface area (TPSA) is 46.6 Å². The Morgan fingerprint density at radius 1 is 1.00 bits per heavy atom. The normalized spacial score (nSPS) is 15.4. The number of amides is 1. The summed E-state index contributed by atoms with van der Waals surface area (Å²) in [6, 6.07) is 0. The zero-order valence-corrected chi connectivity index (χ0v) is 15.1. The first-order valence-electron chi connectivity index (χ1n) is 9.60. The van der Waals surface area contributed by atoms with Crippen molar-refractivity contribution in [3.05, 3.63) is 0 Å². The quantitative estimate of drug-likeness (QED) is 0.420. The van der Waals surface area contributed by atoms with Crippen LogP contribution in [0.15, 0.2) is 0 Å². The van der Waals surface area contributed by atoms with E-state index in [9.17, 15) is 9.59 Å². The second-order valence-electron chi connectivity index (χ2n) is 6.69. The zero-order valence-electron chi connectivity index (χ0n) is 15.1. The van der Waals surface area contributed by atoms with Crippen molar-refractivity contribution in [2.24, 2.45) is 5.92 Å². The van der Waals surface area contributed by atoms with Gasteiger partial charge in [-0.1, -0.05) is 51.9 Å². The average Bonchev–Trinajstić information content (AvgIpc) is 2.57. The van der Waals surface area contributed by atoms with Crippen molar-refractivity contribution in [3.8, 4) is 0 Å². The molecule has 134 valence electrons. The minimum absolute atomic E-state index is 0.201. The van der Waals surface area contributed by atoms with Gasteiger partial charge in [0.25, 0.3) is 0 Å². The van der Waals surface area contributed by atoms with E-state index in [1.807, 2.05) is 11.8 Å². The number of carbonyl (C=O) groups is 2. The molecule has 0 unspecified atom stereocenters. The number of rotatable bonds is 11. The fourth-order valence-corrected chi connectivity index (χ4v) is 3.33. The van der Waals surface area contributed by atoms with Gasteiger partial charge in [0, 0.05) is 19.5 Å². The van der Waals surface area contributed by atoms with Crippen LogP contribution < -0.4 is 0 Å². The van der Waals surface area contributed by atoms with Crippen LogP contribution in [-0.4, -0.2) is 36.5 Å². The van der Waals surface area contributed by atoms with Crippen LogP contribution in [0, 0.1) is 5.92 Å². The molecule has 1 rings (SSSR count). The van der Waals surface area contributed by atoms with Gasteiger partial charge in [0.15, 0.2) is 0 Å². The predicted octanol–water partition coefficient (Wildman–Crippen LogP) is 4.32. The van der Waals surface area contributed by atoms with Gasteiger partial charge in [-0.2, -0.15) is 0 Å². The number of carbonyl (C=O) groups excluding carboxylic acids is 2. The Morgan fingerprint density at radius 2 is 1.74 bits per heavy atom. The number of nitrogens with zero attached hydrogens (tertiary/aromatic N) is 1. The molecule has 1 fully saturated rings. The SMILES string of the molecule is CCCCCN(CCC(=O)OCC)C(=O)CCC1CCCCC1. The van der Waals surface area contributed by atoms with Crippen molar-refractivity contribution < 1.29 is 14.3 Å². The first-order chi connectivity index (χ1) is 11.2. The fourth-order valence-electron chi connectivity index (χ4n) is 3.33. The molecule has 0 bridgehead atoms. The molecule has 0 aromatic carbocycles. The van der Waals surface area contributed by atoms with Crippen molar-refractivity contribution >= 4 is 11.9 Å². The van der Waals surface area contributed by atoms with E-state index in [2.05, 4.69) is 6.92 Å². The van der Waals surface area contributed by atoms with E-state index in [0.717, 1.165) is 38.1 Å². The van der Waals surface area contributed by atoms with Crippen LogP contribution in [0.1, 0.15) is 84.5 Å². The molecule has 1 aliphatic rings. The van der Waals surface area contributed by atoms with Gasteiger partial charge in [-0.05, 0) is 25.7 Å². The highest BCUT2D eigenvalue weighted by molar-refractivity contribution is 5.77. The number of ether oxygens (including phenoxy) is 1.